The van der Waals surface area contributed by atoms with Crippen molar-refractivity contribution in [2.75, 3.05) is 13.7 Å². The second-order valence-electron chi connectivity index (χ2n) is 5.76. The third-order valence-corrected chi connectivity index (χ3v) is 4.10. The first-order valence-corrected chi connectivity index (χ1v) is 7.67. The molecule has 1 heterocycles. The molecular weight excluding hydrogens is 320 g/mol. The van der Waals surface area contributed by atoms with Gasteiger partial charge in [0.15, 0.2) is 6.29 Å². The summed E-state index contributed by atoms with van der Waals surface area (Å²) in [7, 11) is 1.54. The summed E-state index contributed by atoms with van der Waals surface area (Å²) in [4.78, 5) is 0. The maximum atomic E-state index is 10.3. The van der Waals surface area contributed by atoms with E-state index in [0.717, 1.165) is 0 Å². The maximum absolute atomic E-state index is 10.3. The monoisotopic (exact) mass is 344 g/mol. The summed E-state index contributed by atoms with van der Waals surface area (Å²) in [6, 6.07) is 6.74. The van der Waals surface area contributed by atoms with E-state index in [1.165, 1.54) is 7.11 Å². The predicted octanol–water partition coefficient (Wildman–Crippen LogP) is -1.07. The molecule has 1 aromatic rings. The van der Waals surface area contributed by atoms with E-state index in [2.05, 4.69) is 0 Å². The van der Waals surface area contributed by atoms with Crippen molar-refractivity contribution in [1.82, 2.24) is 0 Å². The normalized spacial score (nSPS) is 33.0. The number of aliphatic hydroxyl groups is 5. The molecule has 0 radical (unpaired) electrons. The molecular formula is C16H24O8. The number of rotatable bonds is 6. The smallest absolute Gasteiger partial charge is 0.187 e. The summed E-state index contributed by atoms with van der Waals surface area (Å²) in [6.07, 6.45) is -8.61. The molecule has 5 N–H and O–H groups in total. The highest BCUT2D eigenvalue weighted by atomic mass is 16.7. The fourth-order valence-corrected chi connectivity index (χ4v) is 2.54. The van der Waals surface area contributed by atoms with E-state index in [1.807, 2.05) is 0 Å². The van der Waals surface area contributed by atoms with Gasteiger partial charge in [-0.3, -0.25) is 0 Å². The van der Waals surface area contributed by atoms with Gasteiger partial charge in [-0.25, -0.2) is 0 Å². The second kappa shape index (κ2) is 8.21. The molecule has 8 heteroatoms. The summed E-state index contributed by atoms with van der Waals surface area (Å²) in [5, 5.41) is 48.9. The highest BCUT2D eigenvalue weighted by Gasteiger charge is 2.44. The molecule has 7 atom stereocenters. The van der Waals surface area contributed by atoms with Crippen LogP contribution in [0.5, 0.6) is 5.75 Å². The highest BCUT2D eigenvalue weighted by Crippen LogP contribution is 2.27. The lowest BCUT2D eigenvalue weighted by molar-refractivity contribution is -0.315. The molecule has 0 aliphatic carbocycles. The van der Waals surface area contributed by atoms with Crippen molar-refractivity contribution in [1.29, 1.82) is 0 Å². The van der Waals surface area contributed by atoms with Crippen LogP contribution in [-0.4, -0.2) is 76.1 Å². The van der Waals surface area contributed by atoms with Crippen LogP contribution in [0.4, 0.5) is 0 Å². The summed E-state index contributed by atoms with van der Waals surface area (Å²) >= 11 is 0. The van der Waals surface area contributed by atoms with Gasteiger partial charge in [-0.1, -0.05) is 12.1 Å². The lowest BCUT2D eigenvalue weighted by atomic mass is 9.99. The number of aliphatic hydroxyl groups excluding tert-OH is 5. The molecule has 1 fully saturated rings. The van der Waals surface area contributed by atoms with Crippen molar-refractivity contribution >= 4 is 0 Å². The molecule has 0 spiro atoms. The van der Waals surface area contributed by atoms with Crippen LogP contribution in [0.2, 0.25) is 0 Å². The van der Waals surface area contributed by atoms with E-state index in [4.69, 9.17) is 19.3 Å². The van der Waals surface area contributed by atoms with Crippen LogP contribution in [-0.2, 0) is 9.47 Å². The van der Waals surface area contributed by atoms with Crippen molar-refractivity contribution in [3.63, 3.8) is 0 Å². The van der Waals surface area contributed by atoms with Gasteiger partial charge in [-0.2, -0.15) is 0 Å². The average molecular weight is 344 g/mol. The van der Waals surface area contributed by atoms with Crippen LogP contribution in [0.1, 0.15) is 18.6 Å². The van der Waals surface area contributed by atoms with Gasteiger partial charge >= 0.3 is 0 Å². The molecule has 8 nitrogen and oxygen atoms in total. The van der Waals surface area contributed by atoms with E-state index in [-0.39, 0.29) is 0 Å². The average Bonchev–Trinajstić information content (AvgIpc) is 2.61. The minimum Gasteiger partial charge on any atom is -0.497 e. The number of hydrogen-bond acceptors (Lipinski definition) is 8. The van der Waals surface area contributed by atoms with Crippen molar-refractivity contribution in [3.05, 3.63) is 29.8 Å². The lowest BCUT2D eigenvalue weighted by Crippen LogP contribution is -2.59. The van der Waals surface area contributed by atoms with E-state index in [9.17, 15) is 20.4 Å². The summed E-state index contributed by atoms with van der Waals surface area (Å²) < 4.78 is 15.8. The van der Waals surface area contributed by atoms with Crippen molar-refractivity contribution in [2.45, 2.75) is 49.8 Å². The Kier molecular flexibility index (Phi) is 6.53. The Labute approximate surface area is 139 Å². The Morgan fingerprint density at radius 3 is 2.25 bits per heavy atom. The standard InChI is InChI=1S/C16H24O8/c1-8(12(18)9-3-5-10(22-2)6-4-9)23-16-15(21)14(20)13(19)11(7-17)24-16/h3-6,8,11-21H,7H2,1-2H3/t8-,11-,12+,13+,14+,15+,16+/m0/s1. The van der Waals surface area contributed by atoms with Gasteiger partial charge in [0.1, 0.15) is 36.3 Å². The molecule has 1 aliphatic rings. The van der Waals surface area contributed by atoms with Crippen LogP contribution in [0.25, 0.3) is 0 Å². The molecule has 0 saturated carbocycles. The largest absolute Gasteiger partial charge is 0.497 e. The van der Waals surface area contributed by atoms with Crippen molar-refractivity contribution in [3.8, 4) is 5.75 Å². The summed E-state index contributed by atoms with van der Waals surface area (Å²) in [6.45, 7) is 1.04. The van der Waals surface area contributed by atoms with Crippen LogP contribution in [0.3, 0.4) is 0 Å². The molecule has 0 amide bonds. The van der Waals surface area contributed by atoms with Gasteiger partial charge in [0, 0.05) is 0 Å². The Bertz CT molecular complexity index is 505. The first-order chi connectivity index (χ1) is 11.4. The first-order valence-electron chi connectivity index (χ1n) is 7.67. The number of methoxy groups -OCH3 is 1. The zero-order chi connectivity index (χ0) is 17.9. The molecule has 0 bridgehead atoms. The minimum absolute atomic E-state index is 0.541. The van der Waals surface area contributed by atoms with Gasteiger partial charge in [-0.05, 0) is 24.6 Å². The Balaban J connectivity index is 2.02. The number of ether oxygens (including phenoxy) is 3. The topological polar surface area (TPSA) is 129 Å². The number of hydrogen-bond donors (Lipinski definition) is 5. The first kappa shape index (κ1) is 19.1. The zero-order valence-electron chi connectivity index (χ0n) is 13.5. The second-order valence-corrected chi connectivity index (χ2v) is 5.76. The van der Waals surface area contributed by atoms with E-state index in [1.54, 1.807) is 31.2 Å². The third-order valence-electron chi connectivity index (χ3n) is 4.10. The number of benzene rings is 1. The molecule has 1 aliphatic heterocycles. The van der Waals surface area contributed by atoms with Gasteiger partial charge in [0.2, 0.25) is 0 Å². The molecule has 24 heavy (non-hydrogen) atoms. The van der Waals surface area contributed by atoms with Crippen LogP contribution in [0.15, 0.2) is 24.3 Å². The molecule has 136 valence electrons. The van der Waals surface area contributed by atoms with E-state index in [0.29, 0.717) is 11.3 Å². The van der Waals surface area contributed by atoms with Crippen molar-refractivity contribution < 1.29 is 39.7 Å². The fourth-order valence-electron chi connectivity index (χ4n) is 2.54. The summed E-state index contributed by atoms with van der Waals surface area (Å²) in [5.74, 6) is 0.647. The predicted molar refractivity (Wildman–Crippen MR) is 82.3 cm³/mol. The Morgan fingerprint density at radius 1 is 1.08 bits per heavy atom. The molecule has 2 rings (SSSR count). The Hall–Kier alpha value is -1.26. The highest BCUT2D eigenvalue weighted by molar-refractivity contribution is 5.28. The van der Waals surface area contributed by atoms with E-state index >= 15 is 0 Å². The molecule has 0 unspecified atom stereocenters. The van der Waals surface area contributed by atoms with Crippen LogP contribution >= 0.6 is 0 Å². The molecule has 0 aromatic heterocycles. The maximum Gasteiger partial charge on any atom is 0.187 e. The zero-order valence-corrected chi connectivity index (χ0v) is 13.5. The molecule has 1 saturated heterocycles. The van der Waals surface area contributed by atoms with Crippen molar-refractivity contribution in [2.24, 2.45) is 0 Å². The third kappa shape index (κ3) is 4.04. The SMILES string of the molecule is COc1ccc([C@H](O)[C@H](C)O[C@@H]2O[C@@H](CO)[C@@H](O)[C@@H](O)[C@H]2O)cc1. The summed E-state index contributed by atoms with van der Waals surface area (Å²) in [5.41, 5.74) is 0.577. The van der Waals surface area contributed by atoms with Crippen LogP contribution < -0.4 is 4.74 Å². The lowest BCUT2D eigenvalue weighted by Gasteiger charge is -2.41. The van der Waals surface area contributed by atoms with E-state index < -0.39 is 49.5 Å². The van der Waals surface area contributed by atoms with Gasteiger partial charge in [0.25, 0.3) is 0 Å². The van der Waals surface area contributed by atoms with Gasteiger partial charge in [0.05, 0.1) is 19.8 Å². The molecule has 1 aromatic carbocycles. The Morgan fingerprint density at radius 2 is 1.71 bits per heavy atom. The van der Waals surface area contributed by atoms with Gasteiger partial charge < -0.3 is 39.7 Å². The fraction of sp³-hybridized carbons (Fsp3) is 0.625. The minimum atomic E-state index is -1.52. The quantitative estimate of drug-likeness (QED) is 0.441. The van der Waals surface area contributed by atoms with Crippen LogP contribution in [0, 0.1) is 0 Å². The van der Waals surface area contributed by atoms with Gasteiger partial charge in [-0.15, -0.1) is 0 Å².